The summed E-state index contributed by atoms with van der Waals surface area (Å²) in [6, 6.07) is 5.90. The summed E-state index contributed by atoms with van der Waals surface area (Å²) in [6.45, 7) is 6.46. The Morgan fingerprint density at radius 3 is 2.65 bits per heavy atom. The second-order valence-corrected chi connectivity index (χ2v) is 5.84. The summed E-state index contributed by atoms with van der Waals surface area (Å²) in [5, 5.41) is 4.99. The van der Waals surface area contributed by atoms with E-state index in [0.29, 0.717) is 10.9 Å². The topological polar surface area (TPSA) is 12.0 Å². The number of rotatable bonds is 4. The summed E-state index contributed by atoms with van der Waals surface area (Å²) in [5.74, 6) is 0.681. The maximum absolute atomic E-state index is 6.36. The molecule has 1 aromatic rings. The summed E-state index contributed by atoms with van der Waals surface area (Å²) in [6.07, 6.45) is 2.49. The van der Waals surface area contributed by atoms with E-state index in [4.69, 9.17) is 23.2 Å². The highest BCUT2D eigenvalue weighted by atomic mass is 35.5. The molecule has 94 valence electrons. The Morgan fingerprint density at radius 1 is 1.41 bits per heavy atom. The number of benzene rings is 1. The molecular formula is C14H19Cl2N. The first kappa shape index (κ1) is 13.2. The van der Waals surface area contributed by atoms with Gasteiger partial charge in [-0.05, 0) is 43.0 Å². The minimum absolute atomic E-state index is 0.206. The van der Waals surface area contributed by atoms with Crippen molar-refractivity contribution in [1.82, 2.24) is 5.32 Å². The highest BCUT2D eigenvalue weighted by Gasteiger charge is 2.45. The maximum Gasteiger partial charge on any atom is 0.0459 e. The molecule has 17 heavy (non-hydrogen) atoms. The molecule has 0 radical (unpaired) electrons. The van der Waals surface area contributed by atoms with Crippen LogP contribution in [0.2, 0.25) is 10.0 Å². The van der Waals surface area contributed by atoms with Crippen LogP contribution in [0.1, 0.15) is 32.3 Å². The van der Waals surface area contributed by atoms with Gasteiger partial charge in [-0.2, -0.15) is 0 Å². The molecule has 1 nitrogen and oxygen atoms in total. The van der Waals surface area contributed by atoms with E-state index in [0.717, 1.165) is 18.1 Å². The molecule has 0 amide bonds. The van der Waals surface area contributed by atoms with Crippen molar-refractivity contribution in [2.75, 3.05) is 13.1 Å². The molecular weight excluding hydrogens is 253 g/mol. The van der Waals surface area contributed by atoms with Crippen LogP contribution in [0.5, 0.6) is 0 Å². The van der Waals surface area contributed by atoms with Gasteiger partial charge >= 0.3 is 0 Å². The van der Waals surface area contributed by atoms with Crippen molar-refractivity contribution in [3.8, 4) is 0 Å². The van der Waals surface area contributed by atoms with Crippen molar-refractivity contribution in [3.63, 3.8) is 0 Å². The lowest BCUT2D eigenvalue weighted by Gasteiger charge is -2.49. The lowest BCUT2D eigenvalue weighted by Crippen LogP contribution is -2.50. The molecule has 1 aromatic carbocycles. The highest BCUT2D eigenvalue weighted by molar-refractivity contribution is 6.35. The molecule has 1 N–H and O–H groups in total. The number of hydrogen-bond acceptors (Lipinski definition) is 1. The van der Waals surface area contributed by atoms with E-state index in [1.54, 1.807) is 0 Å². The van der Waals surface area contributed by atoms with Crippen LogP contribution in [-0.4, -0.2) is 13.1 Å². The van der Waals surface area contributed by atoms with Crippen LogP contribution in [0.4, 0.5) is 0 Å². The fourth-order valence-corrected chi connectivity index (χ4v) is 3.38. The number of nitrogens with one attached hydrogen (secondary N) is 1. The minimum atomic E-state index is 0.206. The molecule has 2 rings (SSSR count). The number of hydrogen-bond donors (Lipinski definition) is 1. The summed E-state index contributed by atoms with van der Waals surface area (Å²) in [4.78, 5) is 0. The molecule has 0 spiro atoms. The summed E-state index contributed by atoms with van der Waals surface area (Å²) in [5.41, 5.74) is 1.46. The van der Waals surface area contributed by atoms with Crippen molar-refractivity contribution in [2.24, 2.45) is 5.92 Å². The smallest absolute Gasteiger partial charge is 0.0459 e. The fraction of sp³-hybridized carbons (Fsp3) is 0.571. The zero-order chi connectivity index (χ0) is 12.5. The first-order chi connectivity index (χ1) is 8.10. The van der Waals surface area contributed by atoms with Gasteiger partial charge in [0, 0.05) is 22.0 Å². The second kappa shape index (κ2) is 5.17. The summed E-state index contributed by atoms with van der Waals surface area (Å²) < 4.78 is 0. The quantitative estimate of drug-likeness (QED) is 0.863. The van der Waals surface area contributed by atoms with Gasteiger partial charge in [0.05, 0.1) is 0 Å². The Morgan fingerprint density at radius 2 is 2.18 bits per heavy atom. The average molecular weight is 272 g/mol. The summed E-state index contributed by atoms with van der Waals surface area (Å²) in [7, 11) is 0. The van der Waals surface area contributed by atoms with Gasteiger partial charge in [-0.15, -0.1) is 0 Å². The van der Waals surface area contributed by atoms with Crippen molar-refractivity contribution >= 4 is 23.2 Å². The van der Waals surface area contributed by atoms with E-state index in [1.807, 2.05) is 12.1 Å². The standard InChI is InChI=1S/C14H19Cl2N/c1-3-17-9-14(7-6-10(14)2)12-5-4-11(15)8-13(12)16/h4-5,8,10,17H,3,6-7,9H2,1-2H3. The van der Waals surface area contributed by atoms with Gasteiger partial charge in [-0.3, -0.25) is 0 Å². The molecule has 1 aliphatic rings. The zero-order valence-corrected chi connectivity index (χ0v) is 11.9. The first-order valence-corrected chi connectivity index (χ1v) is 7.02. The van der Waals surface area contributed by atoms with Crippen LogP contribution in [0, 0.1) is 5.92 Å². The van der Waals surface area contributed by atoms with Gasteiger partial charge in [0.1, 0.15) is 0 Å². The van der Waals surface area contributed by atoms with E-state index in [-0.39, 0.29) is 5.41 Å². The fourth-order valence-electron chi connectivity index (χ4n) is 2.78. The monoisotopic (exact) mass is 271 g/mol. The van der Waals surface area contributed by atoms with Gasteiger partial charge in [-0.1, -0.05) is 43.1 Å². The van der Waals surface area contributed by atoms with E-state index < -0.39 is 0 Å². The molecule has 0 saturated heterocycles. The van der Waals surface area contributed by atoms with Crippen molar-refractivity contribution < 1.29 is 0 Å². The Balaban J connectivity index is 2.33. The molecule has 0 heterocycles. The normalized spacial score (nSPS) is 27.9. The second-order valence-electron chi connectivity index (χ2n) is 5.00. The SMILES string of the molecule is CCNCC1(c2ccc(Cl)cc2Cl)CCC1C. The Hall–Kier alpha value is -0.240. The van der Waals surface area contributed by atoms with Crippen molar-refractivity contribution in [1.29, 1.82) is 0 Å². The molecule has 0 bridgehead atoms. The van der Waals surface area contributed by atoms with Crippen LogP contribution >= 0.6 is 23.2 Å². The third-order valence-corrected chi connectivity index (χ3v) is 4.67. The Labute approximate surface area is 114 Å². The molecule has 1 aliphatic carbocycles. The molecule has 1 saturated carbocycles. The lowest BCUT2D eigenvalue weighted by molar-refractivity contribution is 0.135. The van der Waals surface area contributed by atoms with Gasteiger partial charge in [0.15, 0.2) is 0 Å². The van der Waals surface area contributed by atoms with E-state index in [1.165, 1.54) is 18.4 Å². The Kier molecular flexibility index (Phi) is 4.02. The van der Waals surface area contributed by atoms with Crippen LogP contribution in [0.15, 0.2) is 18.2 Å². The van der Waals surface area contributed by atoms with E-state index in [9.17, 15) is 0 Å². The van der Waals surface area contributed by atoms with Crippen LogP contribution in [-0.2, 0) is 5.41 Å². The first-order valence-electron chi connectivity index (χ1n) is 6.26. The van der Waals surface area contributed by atoms with Crippen LogP contribution in [0.25, 0.3) is 0 Å². The number of likely N-dealkylation sites (N-methyl/N-ethyl adjacent to an activating group) is 1. The number of halogens is 2. The molecule has 0 aromatic heterocycles. The molecule has 2 atom stereocenters. The van der Waals surface area contributed by atoms with E-state index in [2.05, 4.69) is 25.2 Å². The van der Waals surface area contributed by atoms with Crippen molar-refractivity contribution in [2.45, 2.75) is 32.1 Å². The van der Waals surface area contributed by atoms with Gasteiger partial charge in [0.25, 0.3) is 0 Å². The molecule has 3 heteroatoms. The van der Waals surface area contributed by atoms with Crippen LogP contribution in [0.3, 0.4) is 0 Å². The molecule has 1 fully saturated rings. The summed E-state index contributed by atoms with van der Waals surface area (Å²) >= 11 is 12.3. The van der Waals surface area contributed by atoms with Gasteiger partial charge < -0.3 is 5.32 Å². The maximum atomic E-state index is 6.36. The van der Waals surface area contributed by atoms with Crippen LogP contribution < -0.4 is 5.32 Å². The molecule has 2 unspecified atom stereocenters. The van der Waals surface area contributed by atoms with Gasteiger partial charge in [0.2, 0.25) is 0 Å². The Bertz CT molecular complexity index is 405. The predicted molar refractivity (Wildman–Crippen MR) is 75.1 cm³/mol. The lowest BCUT2D eigenvalue weighted by atomic mass is 9.57. The average Bonchev–Trinajstić information content (AvgIpc) is 2.30. The minimum Gasteiger partial charge on any atom is -0.316 e. The van der Waals surface area contributed by atoms with Gasteiger partial charge in [-0.25, -0.2) is 0 Å². The zero-order valence-electron chi connectivity index (χ0n) is 10.4. The third kappa shape index (κ3) is 2.33. The predicted octanol–water partition coefficient (Wildman–Crippen LogP) is 4.27. The van der Waals surface area contributed by atoms with Crippen molar-refractivity contribution in [3.05, 3.63) is 33.8 Å². The molecule has 0 aliphatic heterocycles. The highest BCUT2D eigenvalue weighted by Crippen LogP contribution is 2.50. The van der Waals surface area contributed by atoms with E-state index >= 15 is 0 Å². The largest absolute Gasteiger partial charge is 0.316 e. The third-order valence-electron chi connectivity index (χ3n) is 4.12.